The van der Waals surface area contributed by atoms with Crippen molar-refractivity contribution < 1.29 is 0 Å². The summed E-state index contributed by atoms with van der Waals surface area (Å²) in [4.78, 5) is 7.11. The average molecular weight is 351 g/mol. The fourth-order valence-corrected chi connectivity index (χ4v) is 2.64. The first kappa shape index (κ1) is 20.4. The molecule has 3 nitrogen and oxygen atoms in total. The van der Waals surface area contributed by atoms with E-state index >= 15 is 0 Å². The number of benzene rings is 1. The summed E-state index contributed by atoms with van der Waals surface area (Å²) >= 11 is 0. The highest BCUT2D eigenvalue weighted by molar-refractivity contribution is 5.86. The molecule has 0 radical (unpaired) electrons. The van der Waals surface area contributed by atoms with Gasteiger partial charge in [-0.05, 0) is 24.6 Å². The number of aryl methyl sites for hydroxylation is 1. The minimum Gasteiger partial charge on any atom is -0.314 e. The van der Waals surface area contributed by atoms with Crippen molar-refractivity contribution in [3.63, 3.8) is 0 Å². The van der Waals surface area contributed by atoms with Crippen LogP contribution in [0.25, 0.3) is 10.9 Å². The highest BCUT2D eigenvalue weighted by atomic mass is 35.5. The number of hydrogen-bond donors (Lipinski definition) is 1. The first-order chi connectivity index (χ1) is 8.83. The second-order valence-electron chi connectivity index (χ2n) is 4.97. The molecule has 0 spiro atoms. The quantitative estimate of drug-likeness (QED) is 0.901. The van der Waals surface area contributed by atoms with Gasteiger partial charge in [-0.15, -0.1) is 37.2 Å². The Morgan fingerprint density at radius 3 is 2.48 bits per heavy atom. The normalized spacial score (nSPS) is 14.7. The van der Waals surface area contributed by atoms with Crippen LogP contribution < -0.4 is 5.32 Å². The van der Waals surface area contributed by atoms with Gasteiger partial charge in [0.15, 0.2) is 0 Å². The van der Waals surface area contributed by atoms with Gasteiger partial charge in [0.2, 0.25) is 0 Å². The van der Waals surface area contributed by atoms with Crippen LogP contribution in [0.4, 0.5) is 0 Å². The van der Waals surface area contributed by atoms with Crippen molar-refractivity contribution in [3.8, 4) is 0 Å². The Morgan fingerprint density at radius 2 is 1.76 bits per heavy atom. The van der Waals surface area contributed by atoms with Gasteiger partial charge >= 0.3 is 0 Å². The van der Waals surface area contributed by atoms with Crippen LogP contribution in [0.3, 0.4) is 0 Å². The van der Waals surface area contributed by atoms with E-state index in [9.17, 15) is 0 Å². The molecule has 118 valence electrons. The maximum atomic E-state index is 4.60. The summed E-state index contributed by atoms with van der Waals surface area (Å²) in [5, 5.41) is 4.69. The van der Waals surface area contributed by atoms with Crippen molar-refractivity contribution in [2.24, 2.45) is 0 Å². The number of halogens is 3. The lowest BCUT2D eigenvalue weighted by atomic mass is 10.1. The topological polar surface area (TPSA) is 28.2 Å². The van der Waals surface area contributed by atoms with Crippen LogP contribution >= 0.6 is 37.2 Å². The predicted molar refractivity (Wildman–Crippen MR) is 96.4 cm³/mol. The summed E-state index contributed by atoms with van der Waals surface area (Å²) in [5.74, 6) is 0. The van der Waals surface area contributed by atoms with E-state index in [2.05, 4.69) is 52.5 Å². The highest BCUT2D eigenvalue weighted by Gasteiger charge is 2.12. The van der Waals surface area contributed by atoms with Gasteiger partial charge in [-0.1, -0.05) is 18.2 Å². The summed E-state index contributed by atoms with van der Waals surface area (Å²) in [6.45, 7) is 7.58. The molecule has 1 aliphatic heterocycles. The maximum absolute atomic E-state index is 4.60. The molecule has 2 heterocycles. The third-order valence-electron chi connectivity index (χ3n) is 3.53. The largest absolute Gasteiger partial charge is 0.314 e. The van der Waals surface area contributed by atoms with Gasteiger partial charge < -0.3 is 5.32 Å². The lowest BCUT2D eigenvalue weighted by Gasteiger charge is -2.27. The second kappa shape index (κ2) is 9.44. The molecule has 0 atom stereocenters. The van der Waals surface area contributed by atoms with Crippen molar-refractivity contribution in [2.75, 3.05) is 26.2 Å². The number of para-hydroxylation sites is 1. The molecule has 2 aromatic rings. The number of aromatic nitrogens is 1. The highest BCUT2D eigenvalue weighted by Crippen LogP contribution is 2.19. The zero-order chi connectivity index (χ0) is 12.4. The first-order valence-electron chi connectivity index (χ1n) is 6.61. The number of pyridine rings is 1. The van der Waals surface area contributed by atoms with Crippen LogP contribution in [0.2, 0.25) is 0 Å². The van der Waals surface area contributed by atoms with Crippen LogP contribution in [-0.4, -0.2) is 36.1 Å². The number of rotatable bonds is 2. The van der Waals surface area contributed by atoms with E-state index in [1.807, 2.05) is 0 Å². The average Bonchev–Trinajstić information content (AvgIpc) is 2.40. The van der Waals surface area contributed by atoms with Gasteiger partial charge in [-0.2, -0.15) is 0 Å². The van der Waals surface area contributed by atoms with Crippen molar-refractivity contribution >= 4 is 48.1 Å². The smallest absolute Gasteiger partial charge is 0.0708 e. The van der Waals surface area contributed by atoms with Crippen LogP contribution in [0.15, 0.2) is 30.3 Å². The Hall–Kier alpha value is -0.580. The lowest BCUT2D eigenvalue weighted by Crippen LogP contribution is -2.42. The van der Waals surface area contributed by atoms with Crippen LogP contribution in [0.5, 0.6) is 0 Å². The summed E-state index contributed by atoms with van der Waals surface area (Å²) in [6.07, 6.45) is 0. The number of piperazine rings is 1. The molecule has 1 aromatic carbocycles. The van der Waals surface area contributed by atoms with Crippen LogP contribution in [-0.2, 0) is 6.54 Å². The van der Waals surface area contributed by atoms with E-state index in [4.69, 9.17) is 0 Å². The molecule has 0 bridgehead atoms. The molecule has 6 heteroatoms. The number of nitrogens with one attached hydrogen (secondary N) is 1. The molecular weight excluding hydrogens is 329 g/mol. The Morgan fingerprint density at radius 1 is 1.10 bits per heavy atom. The molecule has 1 aliphatic rings. The van der Waals surface area contributed by atoms with Crippen molar-refractivity contribution in [1.82, 2.24) is 15.2 Å². The fourth-order valence-electron chi connectivity index (χ4n) is 2.64. The van der Waals surface area contributed by atoms with Crippen LogP contribution in [0.1, 0.15) is 11.3 Å². The summed E-state index contributed by atoms with van der Waals surface area (Å²) < 4.78 is 0. The van der Waals surface area contributed by atoms with E-state index in [1.54, 1.807) is 0 Å². The van der Waals surface area contributed by atoms with E-state index in [0.29, 0.717) is 0 Å². The van der Waals surface area contributed by atoms with Gasteiger partial charge in [-0.25, -0.2) is 0 Å². The van der Waals surface area contributed by atoms with Crippen molar-refractivity contribution in [2.45, 2.75) is 13.5 Å². The Labute approximate surface area is 144 Å². The van der Waals surface area contributed by atoms with Crippen molar-refractivity contribution in [3.05, 3.63) is 41.6 Å². The van der Waals surface area contributed by atoms with E-state index in [0.717, 1.165) is 43.9 Å². The monoisotopic (exact) mass is 349 g/mol. The van der Waals surface area contributed by atoms with Crippen LogP contribution in [0, 0.1) is 6.92 Å². The SMILES string of the molecule is Cc1cc(CN2CCNCC2)c2ccccc2n1.Cl.Cl.Cl. The zero-order valence-electron chi connectivity index (χ0n) is 12.0. The minimum absolute atomic E-state index is 0. The molecule has 0 unspecified atom stereocenters. The fraction of sp³-hybridized carbons (Fsp3) is 0.400. The molecule has 21 heavy (non-hydrogen) atoms. The standard InChI is InChI=1S/C15H19N3.3ClH/c1-12-10-13(11-18-8-6-16-7-9-18)14-4-2-3-5-15(14)17-12;;;/h2-5,10,16H,6-9,11H2,1H3;3*1H. The summed E-state index contributed by atoms with van der Waals surface area (Å²) in [5.41, 5.74) is 3.63. The molecule has 3 rings (SSSR count). The Balaban J connectivity index is 0.00000133. The lowest BCUT2D eigenvalue weighted by molar-refractivity contribution is 0.234. The van der Waals surface area contributed by atoms with Gasteiger partial charge in [0.05, 0.1) is 5.52 Å². The number of fused-ring (bicyclic) bond motifs is 1. The molecule has 0 saturated carbocycles. The molecule has 1 N–H and O–H groups in total. The number of nitrogens with zero attached hydrogens (tertiary/aromatic N) is 2. The molecule has 0 amide bonds. The molecule has 1 fully saturated rings. The minimum atomic E-state index is 0. The number of hydrogen-bond acceptors (Lipinski definition) is 3. The predicted octanol–water partition coefficient (Wildman–Crippen LogP) is 3.21. The third kappa shape index (κ3) is 4.97. The summed E-state index contributed by atoms with van der Waals surface area (Å²) in [6, 6.07) is 10.7. The molecule has 1 saturated heterocycles. The zero-order valence-corrected chi connectivity index (χ0v) is 14.5. The van der Waals surface area contributed by atoms with Crippen molar-refractivity contribution in [1.29, 1.82) is 0 Å². The van der Waals surface area contributed by atoms with E-state index in [-0.39, 0.29) is 37.2 Å². The molecular formula is C15H22Cl3N3. The maximum Gasteiger partial charge on any atom is 0.0708 e. The van der Waals surface area contributed by atoms with E-state index in [1.165, 1.54) is 10.9 Å². The Kier molecular flexibility index (Phi) is 9.18. The third-order valence-corrected chi connectivity index (χ3v) is 3.53. The van der Waals surface area contributed by atoms with E-state index < -0.39 is 0 Å². The molecule has 0 aliphatic carbocycles. The Bertz CT molecular complexity index is 557. The van der Waals surface area contributed by atoms with Gasteiger partial charge in [0.1, 0.15) is 0 Å². The summed E-state index contributed by atoms with van der Waals surface area (Å²) in [7, 11) is 0. The van der Waals surface area contributed by atoms with Gasteiger partial charge in [0.25, 0.3) is 0 Å². The second-order valence-corrected chi connectivity index (χ2v) is 4.97. The molecule has 1 aromatic heterocycles. The first-order valence-corrected chi connectivity index (χ1v) is 6.61. The van der Waals surface area contributed by atoms with Gasteiger partial charge in [-0.3, -0.25) is 9.88 Å². The van der Waals surface area contributed by atoms with Gasteiger partial charge in [0, 0.05) is 43.8 Å².